The summed E-state index contributed by atoms with van der Waals surface area (Å²) < 4.78 is 0.641. The van der Waals surface area contributed by atoms with Gasteiger partial charge in [0.25, 0.3) is 0 Å². The van der Waals surface area contributed by atoms with Crippen LogP contribution in [0.5, 0.6) is 0 Å². The van der Waals surface area contributed by atoms with E-state index in [9.17, 15) is 0 Å². The standard InChI is InChI=1S/C13H28IN/c1-4-5-6-7-8-9-10-11-12(2)13(14)15-3/h12-13,15H,4-11H2,1-3H3/t12-,13-/m1/s1. The van der Waals surface area contributed by atoms with Crippen molar-refractivity contribution in [3.05, 3.63) is 0 Å². The first-order valence-corrected chi connectivity index (χ1v) is 7.78. The molecule has 0 fully saturated rings. The van der Waals surface area contributed by atoms with Gasteiger partial charge in [0.1, 0.15) is 0 Å². The number of hydrogen-bond donors (Lipinski definition) is 1. The second-order valence-electron chi connectivity index (χ2n) is 4.58. The Morgan fingerprint density at radius 3 is 2.07 bits per heavy atom. The normalized spacial score (nSPS) is 15.2. The van der Waals surface area contributed by atoms with Crippen LogP contribution in [0.3, 0.4) is 0 Å². The summed E-state index contributed by atoms with van der Waals surface area (Å²) >= 11 is 2.50. The molecular formula is C13H28IN. The Balaban J connectivity index is 3.16. The minimum atomic E-state index is 0.641. The Kier molecular flexibility index (Phi) is 11.7. The van der Waals surface area contributed by atoms with E-state index in [0.29, 0.717) is 4.05 Å². The third-order valence-electron chi connectivity index (χ3n) is 3.04. The van der Waals surface area contributed by atoms with Gasteiger partial charge in [-0.25, -0.2) is 0 Å². The molecule has 2 heteroatoms. The zero-order valence-electron chi connectivity index (χ0n) is 10.7. The Labute approximate surface area is 110 Å². The van der Waals surface area contributed by atoms with Gasteiger partial charge in [-0.2, -0.15) is 0 Å². The van der Waals surface area contributed by atoms with Gasteiger partial charge < -0.3 is 5.32 Å². The Morgan fingerprint density at radius 1 is 1.00 bits per heavy atom. The quantitative estimate of drug-likeness (QED) is 0.265. The number of hydrogen-bond acceptors (Lipinski definition) is 1. The first kappa shape index (κ1) is 15.7. The molecule has 0 heterocycles. The van der Waals surface area contributed by atoms with E-state index in [0.717, 1.165) is 5.92 Å². The number of unbranched alkanes of at least 4 members (excludes halogenated alkanes) is 6. The van der Waals surface area contributed by atoms with Crippen molar-refractivity contribution < 1.29 is 0 Å². The lowest BCUT2D eigenvalue weighted by atomic mass is 10.0. The van der Waals surface area contributed by atoms with Gasteiger partial charge in [0.15, 0.2) is 0 Å². The molecule has 0 rings (SSSR count). The van der Waals surface area contributed by atoms with E-state index in [4.69, 9.17) is 0 Å². The summed E-state index contributed by atoms with van der Waals surface area (Å²) in [5.74, 6) is 0.811. The summed E-state index contributed by atoms with van der Waals surface area (Å²) in [6, 6.07) is 0. The van der Waals surface area contributed by atoms with Gasteiger partial charge in [-0.15, -0.1) is 0 Å². The second kappa shape index (κ2) is 11.2. The van der Waals surface area contributed by atoms with Gasteiger partial charge >= 0.3 is 0 Å². The minimum Gasteiger partial charge on any atom is -0.308 e. The van der Waals surface area contributed by atoms with Crippen LogP contribution in [-0.4, -0.2) is 11.1 Å². The molecule has 0 aliphatic rings. The molecule has 1 N–H and O–H groups in total. The SMILES string of the molecule is CCCCCCCCC[C@@H](C)[C@H](I)NC. The van der Waals surface area contributed by atoms with Crippen molar-refractivity contribution in [2.45, 2.75) is 69.3 Å². The lowest BCUT2D eigenvalue weighted by molar-refractivity contribution is 0.453. The van der Waals surface area contributed by atoms with Crippen LogP contribution in [-0.2, 0) is 0 Å². The Bertz CT molecular complexity index is 128. The van der Waals surface area contributed by atoms with Crippen molar-refractivity contribution in [1.82, 2.24) is 5.32 Å². The largest absolute Gasteiger partial charge is 0.308 e. The van der Waals surface area contributed by atoms with Crippen LogP contribution < -0.4 is 5.32 Å². The molecule has 0 bridgehead atoms. The third kappa shape index (κ3) is 9.61. The highest BCUT2D eigenvalue weighted by molar-refractivity contribution is 14.1. The second-order valence-corrected chi connectivity index (χ2v) is 5.92. The Morgan fingerprint density at radius 2 is 1.53 bits per heavy atom. The molecule has 0 spiro atoms. The molecule has 0 saturated carbocycles. The highest BCUT2D eigenvalue weighted by atomic mass is 127. The fourth-order valence-corrected chi connectivity index (χ4v) is 2.21. The van der Waals surface area contributed by atoms with Crippen LogP contribution in [0.15, 0.2) is 0 Å². The van der Waals surface area contributed by atoms with E-state index in [1.165, 1.54) is 51.4 Å². The number of halogens is 1. The highest BCUT2D eigenvalue weighted by Crippen LogP contribution is 2.18. The summed E-state index contributed by atoms with van der Waals surface area (Å²) in [5, 5.41) is 3.32. The molecule has 1 nitrogen and oxygen atoms in total. The third-order valence-corrected chi connectivity index (χ3v) is 4.89. The van der Waals surface area contributed by atoms with E-state index in [1.54, 1.807) is 0 Å². The molecule has 0 amide bonds. The van der Waals surface area contributed by atoms with Gasteiger partial charge in [-0.3, -0.25) is 0 Å². The number of nitrogens with one attached hydrogen (secondary N) is 1. The van der Waals surface area contributed by atoms with Crippen LogP contribution in [0.1, 0.15) is 65.2 Å². The maximum Gasteiger partial charge on any atom is 0.0617 e. The first-order chi connectivity index (χ1) is 7.22. The summed E-state index contributed by atoms with van der Waals surface area (Å²) in [6.07, 6.45) is 11.3. The summed E-state index contributed by atoms with van der Waals surface area (Å²) in [6.45, 7) is 4.63. The molecule has 15 heavy (non-hydrogen) atoms. The number of rotatable bonds is 10. The fourth-order valence-electron chi connectivity index (χ4n) is 1.85. The Hall–Kier alpha value is 0.690. The van der Waals surface area contributed by atoms with Gasteiger partial charge in [0.2, 0.25) is 0 Å². The van der Waals surface area contributed by atoms with Gasteiger partial charge in [-0.1, -0.05) is 81.4 Å². The van der Waals surface area contributed by atoms with Crippen LogP contribution in [0.2, 0.25) is 0 Å². The smallest absolute Gasteiger partial charge is 0.0617 e. The molecular weight excluding hydrogens is 297 g/mol. The first-order valence-electron chi connectivity index (χ1n) is 6.53. The lowest BCUT2D eigenvalue weighted by Crippen LogP contribution is -2.25. The lowest BCUT2D eigenvalue weighted by Gasteiger charge is -2.17. The molecule has 0 unspecified atom stereocenters. The zero-order valence-corrected chi connectivity index (χ0v) is 12.8. The van der Waals surface area contributed by atoms with E-state index in [1.807, 2.05) is 0 Å². The topological polar surface area (TPSA) is 12.0 Å². The van der Waals surface area contributed by atoms with E-state index >= 15 is 0 Å². The van der Waals surface area contributed by atoms with Crippen molar-refractivity contribution in [3.63, 3.8) is 0 Å². The minimum absolute atomic E-state index is 0.641. The van der Waals surface area contributed by atoms with Gasteiger partial charge in [0.05, 0.1) is 4.05 Å². The molecule has 0 aliphatic heterocycles. The monoisotopic (exact) mass is 325 g/mol. The number of alkyl halides is 1. The molecule has 0 saturated heterocycles. The zero-order chi connectivity index (χ0) is 11.5. The molecule has 0 aromatic rings. The summed E-state index contributed by atoms with van der Waals surface area (Å²) in [7, 11) is 2.05. The maximum absolute atomic E-state index is 3.32. The van der Waals surface area contributed by atoms with Gasteiger partial charge in [0, 0.05) is 0 Å². The molecule has 2 atom stereocenters. The van der Waals surface area contributed by atoms with Crippen molar-refractivity contribution >= 4 is 22.6 Å². The van der Waals surface area contributed by atoms with E-state index in [-0.39, 0.29) is 0 Å². The molecule has 0 radical (unpaired) electrons. The van der Waals surface area contributed by atoms with Crippen molar-refractivity contribution in [2.75, 3.05) is 7.05 Å². The summed E-state index contributed by atoms with van der Waals surface area (Å²) in [5.41, 5.74) is 0. The molecule has 0 aromatic heterocycles. The fraction of sp³-hybridized carbons (Fsp3) is 1.00. The van der Waals surface area contributed by atoms with Crippen molar-refractivity contribution in [3.8, 4) is 0 Å². The predicted molar refractivity (Wildman–Crippen MR) is 78.6 cm³/mol. The maximum atomic E-state index is 3.32. The average Bonchev–Trinajstić information content (AvgIpc) is 2.26. The van der Waals surface area contributed by atoms with Gasteiger partial charge in [-0.05, 0) is 19.4 Å². The van der Waals surface area contributed by atoms with E-state index < -0.39 is 0 Å². The van der Waals surface area contributed by atoms with Crippen molar-refractivity contribution in [2.24, 2.45) is 5.92 Å². The van der Waals surface area contributed by atoms with Crippen molar-refractivity contribution in [1.29, 1.82) is 0 Å². The van der Waals surface area contributed by atoms with Crippen LogP contribution in [0, 0.1) is 5.92 Å². The molecule has 0 aromatic carbocycles. The average molecular weight is 325 g/mol. The van der Waals surface area contributed by atoms with Crippen LogP contribution in [0.25, 0.3) is 0 Å². The predicted octanol–water partition coefficient (Wildman–Crippen LogP) is 4.74. The van der Waals surface area contributed by atoms with Crippen LogP contribution in [0.4, 0.5) is 0 Å². The van der Waals surface area contributed by atoms with E-state index in [2.05, 4.69) is 48.8 Å². The highest BCUT2D eigenvalue weighted by Gasteiger charge is 2.10. The summed E-state index contributed by atoms with van der Waals surface area (Å²) in [4.78, 5) is 0. The van der Waals surface area contributed by atoms with Crippen LogP contribution >= 0.6 is 22.6 Å². The molecule has 0 aliphatic carbocycles. The molecule has 92 valence electrons.